The van der Waals surface area contributed by atoms with Gasteiger partial charge < -0.3 is 9.84 Å². The quantitative estimate of drug-likeness (QED) is 0.680. The molecule has 1 N–H and O–H groups in total. The zero-order chi connectivity index (χ0) is 14.3. The van der Waals surface area contributed by atoms with E-state index in [-0.39, 0.29) is 0 Å². The molecule has 0 aromatic heterocycles. The summed E-state index contributed by atoms with van der Waals surface area (Å²) in [7, 11) is 0. The largest absolute Gasteiger partial charge is 0.374 e. The van der Waals surface area contributed by atoms with Crippen LogP contribution in [-0.4, -0.2) is 11.7 Å². The molecule has 2 aromatic rings. The average Bonchev–Trinajstić information content (AvgIpc) is 2.49. The summed E-state index contributed by atoms with van der Waals surface area (Å²) in [6, 6.07) is 19.3. The lowest BCUT2D eigenvalue weighted by molar-refractivity contribution is 0.120. The fraction of sp³-hybridized carbons (Fsp3) is 0.222. The first-order chi connectivity index (χ1) is 9.68. The third-order valence-electron chi connectivity index (χ3n) is 2.95. The van der Waals surface area contributed by atoms with Crippen molar-refractivity contribution in [2.45, 2.75) is 19.1 Å². The summed E-state index contributed by atoms with van der Waals surface area (Å²) in [6.07, 6.45) is 0. The van der Waals surface area contributed by atoms with Crippen LogP contribution in [-0.2, 0) is 16.9 Å². The first-order valence-corrected chi connectivity index (χ1v) is 6.58. The van der Waals surface area contributed by atoms with E-state index in [2.05, 4.69) is 11.8 Å². The smallest absolute Gasteiger partial charge is 0.148 e. The van der Waals surface area contributed by atoms with E-state index in [1.165, 1.54) is 0 Å². The summed E-state index contributed by atoms with van der Waals surface area (Å²) in [6.45, 7) is 2.52. The van der Waals surface area contributed by atoms with Crippen LogP contribution in [0.25, 0.3) is 0 Å². The van der Waals surface area contributed by atoms with Crippen LogP contribution in [0.1, 0.15) is 18.1 Å². The zero-order valence-electron chi connectivity index (χ0n) is 11.5. The van der Waals surface area contributed by atoms with Gasteiger partial charge in [-0.2, -0.15) is 0 Å². The summed E-state index contributed by atoms with van der Waals surface area (Å²) in [5.41, 5.74) is 0.761. The van der Waals surface area contributed by atoms with Crippen molar-refractivity contribution in [1.29, 1.82) is 0 Å². The highest BCUT2D eigenvalue weighted by atomic mass is 16.5. The van der Waals surface area contributed by atoms with Gasteiger partial charge in [0.25, 0.3) is 0 Å². The maximum atomic E-state index is 10.3. The van der Waals surface area contributed by atoms with Crippen molar-refractivity contribution in [1.82, 2.24) is 0 Å². The Labute approximate surface area is 120 Å². The fourth-order valence-electron chi connectivity index (χ4n) is 1.84. The van der Waals surface area contributed by atoms with Crippen LogP contribution in [0, 0.1) is 11.8 Å². The van der Waals surface area contributed by atoms with E-state index < -0.39 is 5.60 Å². The molecule has 0 spiro atoms. The van der Waals surface area contributed by atoms with Crippen molar-refractivity contribution < 1.29 is 9.84 Å². The topological polar surface area (TPSA) is 29.5 Å². The first-order valence-electron chi connectivity index (χ1n) is 6.58. The second-order valence-electron chi connectivity index (χ2n) is 4.72. The molecule has 0 saturated heterocycles. The summed E-state index contributed by atoms with van der Waals surface area (Å²) >= 11 is 0. The SMILES string of the molecule is C[C@](O)(C#CCOCc1ccccc1)c1ccccc1. The van der Waals surface area contributed by atoms with Gasteiger partial charge in [-0.1, -0.05) is 72.5 Å². The second kappa shape index (κ2) is 6.91. The minimum atomic E-state index is -1.14. The minimum Gasteiger partial charge on any atom is -0.374 e. The van der Waals surface area contributed by atoms with Gasteiger partial charge in [0.15, 0.2) is 0 Å². The lowest BCUT2D eigenvalue weighted by Gasteiger charge is -2.16. The normalized spacial score (nSPS) is 13.1. The van der Waals surface area contributed by atoms with E-state index in [4.69, 9.17) is 4.74 Å². The van der Waals surface area contributed by atoms with Crippen LogP contribution in [0.15, 0.2) is 60.7 Å². The van der Waals surface area contributed by atoms with Gasteiger partial charge in [-0.15, -0.1) is 0 Å². The van der Waals surface area contributed by atoms with Crippen LogP contribution in [0.4, 0.5) is 0 Å². The number of rotatable bonds is 4. The Kier molecular flexibility index (Phi) is 4.95. The molecule has 0 radical (unpaired) electrons. The average molecular weight is 266 g/mol. The van der Waals surface area contributed by atoms with Gasteiger partial charge in [-0.25, -0.2) is 0 Å². The Balaban J connectivity index is 1.85. The summed E-state index contributed by atoms with van der Waals surface area (Å²) in [5.74, 6) is 5.71. The Morgan fingerprint density at radius 2 is 1.60 bits per heavy atom. The van der Waals surface area contributed by atoms with Crippen molar-refractivity contribution in [2.24, 2.45) is 0 Å². The second-order valence-corrected chi connectivity index (χ2v) is 4.72. The minimum absolute atomic E-state index is 0.303. The van der Waals surface area contributed by atoms with E-state index in [9.17, 15) is 5.11 Å². The van der Waals surface area contributed by atoms with Gasteiger partial charge in [-0.05, 0) is 18.1 Å². The molecule has 2 nitrogen and oxygen atoms in total. The summed E-state index contributed by atoms with van der Waals surface area (Å²) in [4.78, 5) is 0. The molecule has 0 fully saturated rings. The molecule has 0 saturated carbocycles. The number of hydrogen-bond acceptors (Lipinski definition) is 2. The van der Waals surface area contributed by atoms with Crippen LogP contribution in [0.5, 0.6) is 0 Å². The van der Waals surface area contributed by atoms with E-state index in [0.29, 0.717) is 13.2 Å². The fourth-order valence-corrected chi connectivity index (χ4v) is 1.84. The molecular weight excluding hydrogens is 248 g/mol. The molecule has 0 aliphatic rings. The Hall–Kier alpha value is -2.08. The number of benzene rings is 2. The lowest BCUT2D eigenvalue weighted by atomic mass is 9.97. The van der Waals surface area contributed by atoms with Crippen LogP contribution < -0.4 is 0 Å². The molecule has 0 aliphatic heterocycles. The Morgan fingerprint density at radius 1 is 1.00 bits per heavy atom. The molecule has 0 amide bonds. The number of hydrogen-bond donors (Lipinski definition) is 1. The molecule has 0 heterocycles. The maximum Gasteiger partial charge on any atom is 0.148 e. The monoisotopic (exact) mass is 266 g/mol. The zero-order valence-corrected chi connectivity index (χ0v) is 11.5. The molecule has 2 heteroatoms. The maximum absolute atomic E-state index is 10.3. The van der Waals surface area contributed by atoms with Crippen molar-refractivity contribution in [3.05, 3.63) is 71.8 Å². The highest BCUT2D eigenvalue weighted by Crippen LogP contribution is 2.18. The molecule has 2 aromatic carbocycles. The molecule has 0 unspecified atom stereocenters. The Morgan fingerprint density at radius 3 is 2.25 bits per heavy atom. The van der Waals surface area contributed by atoms with E-state index in [0.717, 1.165) is 11.1 Å². The molecule has 1 atom stereocenters. The number of aliphatic hydroxyl groups is 1. The third kappa shape index (κ3) is 4.24. The highest BCUT2D eigenvalue weighted by molar-refractivity contribution is 5.30. The molecule has 102 valence electrons. The predicted octanol–water partition coefficient (Wildman–Crippen LogP) is 3.11. The molecule has 20 heavy (non-hydrogen) atoms. The molecule has 0 aliphatic carbocycles. The van der Waals surface area contributed by atoms with Gasteiger partial charge in [0, 0.05) is 0 Å². The van der Waals surface area contributed by atoms with Gasteiger partial charge in [0.2, 0.25) is 0 Å². The predicted molar refractivity (Wildman–Crippen MR) is 79.9 cm³/mol. The molecular formula is C18H18O2. The van der Waals surface area contributed by atoms with E-state index in [1.54, 1.807) is 6.92 Å². The third-order valence-corrected chi connectivity index (χ3v) is 2.95. The van der Waals surface area contributed by atoms with Gasteiger partial charge in [0.1, 0.15) is 12.2 Å². The summed E-state index contributed by atoms with van der Waals surface area (Å²) < 4.78 is 5.47. The van der Waals surface area contributed by atoms with Crippen molar-refractivity contribution in [3.8, 4) is 11.8 Å². The van der Waals surface area contributed by atoms with Crippen molar-refractivity contribution in [2.75, 3.05) is 6.61 Å². The molecule has 0 bridgehead atoms. The van der Waals surface area contributed by atoms with Crippen LogP contribution in [0.3, 0.4) is 0 Å². The first kappa shape index (κ1) is 14.3. The van der Waals surface area contributed by atoms with Crippen LogP contribution in [0.2, 0.25) is 0 Å². The standard InChI is InChI=1S/C18H18O2/c1-18(19,17-11-6-3-7-12-17)13-8-14-20-15-16-9-4-2-5-10-16/h2-7,9-12,19H,14-15H2,1H3/t18-/m0/s1. The van der Waals surface area contributed by atoms with Crippen molar-refractivity contribution >= 4 is 0 Å². The number of ether oxygens (including phenoxy) is 1. The lowest BCUT2D eigenvalue weighted by Crippen LogP contribution is -2.18. The van der Waals surface area contributed by atoms with Crippen molar-refractivity contribution in [3.63, 3.8) is 0 Å². The highest BCUT2D eigenvalue weighted by Gasteiger charge is 2.18. The van der Waals surface area contributed by atoms with Gasteiger partial charge >= 0.3 is 0 Å². The van der Waals surface area contributed by atoms with Gasteiger partial charge in [-0.3, -0.25) is 0 Å². The van der Waals surface area contributed by atoms with Crippen LogP contribution >= 0.6 is 0 Å². The van der Waals surface area contributed by atoms with E-state index >= 15 is 0 Å². The summed E-state index contributed by atoms with van der Waals surface area (Å²) in [5, 5.41) is 10.3. The molecule has 2 rings (SSSR count). The Bertz CT molecular complexity index is 577. The van der Waals surface area contributed by atoms with E-state index in [1.807, 2.05) is 60.7 Å². The van der Waals surface area contributed by atoms with Gasteiger partial charge in [0.05, 0.1) is 6.61 Å².